The molecule has 0 radical (unpaired) electrons. The molecule has 0 aliphatic carbocycles. The van der Waals surface area contributed by atoms with Crippen LogP contribution in [0.3, 0.4) is 0 Å². The predicted octanol–water partition coefficient (Wildman–Crippen LogP) is 2.92. The van der Waals surface area contributed by atoms with Crippen LogP contribution in [-0.4, -0.2) is 6.04 Å². The predicted molar refractivity (Wildman–Crippen MR) is 95.2 cm³/mol. The highest BCUT2D eigenvalue weighted by Gasteiger charge is 2.22. The van der Waals surface area contributed by atoms with Crippen LogP contribution in [0.1, 0.15) is 24.7 Å². The standard InChI is InChI=1S/C19H20N2O3/c1-13(9-10-14-6-3-2-4-7-14)21-17-16(18(22)19(17)23)20-12-15-8-5-11-24-15/h2-8,11,13,20-21H,9-10,12H2,1H3. The molecule has 1 heterocycles. The number of nitrogens with one attached hydrogen (secondary N) is 2. The van der Waals surface area contributed by atoms with Crippen LogP contribution >= 0.6 is 0 Å². The minimum Gasteiger partial charge on any atom is -0.467 e. The van der Waals surface area contributed by atoms with Gasteiger partial charge in [0.2, 0.25) is 0 Å². The maximum atomic E-state index is 11.8. The van der Waals surface area contributed by atoms with Gasteiger partial charge in [0.25, 0.3) is 10.9 Å². The van der Waals surface area contributed by atoms with Crippen LogP contribution in [0.25, 0.3) is 0 Å². The van der Waals surface area contributed by atoms with E-state index in [-0.39, 0.29) is 6.04 Å². The van der Waals surface area contributed by atoms with Gasteiger partial charge in [-0.15, -0.1) is 0 Å². The van der Waals surface area contributed by atoms with E-state index in [1.165, 1.54) is 5.56 Å². The van der Waals surface area contributed by atoms with Crippen LogP contribution in [0.15, 0.2) is 62.7 Å². The van der Waals surface area contributed by atoms with E-state index in [1.807, 2.05) is 31.2 Å². The minimum atomic E-state index is -0.473. The van der Waals surface area contributed by atoms with Crippen LogP contribution < -0.4 is 21.5 Å². The number of hydrogen-bond donors (Lipinski definition) is 2. The molecule has 5 heteroatoms. The lowest BCUT2D eigenvalue weighted by molar-refractivity contribution is 0.518. The van der Waals surface area contributed by atoms with Gasteiger partial charge in [0.05, 0.1) is 12.8 Å². The molecular formula is C19H20N2O3. The lowest BCUT2D eigenvalue weighted by Gasteiger charge is -2.19. The van der Waals surface area contributed by atoms with Gasteiger partial charge in [-0.05, 0) is 37.5 Å². The maximum absolute atomic E-state index is 11.8. The van der Waals surface area contributed by atoms with E-state index in [1.54, 1.807) is 12.3 Å². The molecule has 0 bridgehead atoms. The minimum absolute atomic E-state index is 0.0951. The van der Waals surface area contributed by atoms with Crippen LogP contribution in [0.4, 0.5) is 11.4 Å². The zero-order valence-corrected chi connectivity index (χ0v) is 13.5. The Labute approximate surface area is 140 Å². The summed E-state index contributed by atoms with van der Waals surface area (Å²) in [6.45, 7) is 2.39. The summed E-state index contributed by atoms with van der Waals surface area (Å²) in [6.07, 6.45) is 3.37. The summed E-state index contributed by atoms with van der Waals surface area (Å²) in [4.78, 5) is 23.6. The van der Waals surface area contributed by atoms with Crippen LogP contribution in [-0.2, 0) is 13.0 Å². The summed E-state index contributed by atoms with van der Waals surface area (Å²) in [5.41, 5.74) is 1.06. The fourth-order valence-corrected chi connectivity index (χ4v) is 2.63. The molecule has 0 aliphatic rings. The van der Waals surface area contributed by atoms with E-state index in [9.17, 15) is 9.59 Å². The molecule has 2 aromatic carbocycles. The lowest BCUT2D eigenvalue weighted by atomic mass is 10.1. The molecule has 3 aromatic rings. The van der Waals surface area contributed by atoms with Crippen molar-refractivity contribution in [2.45, 2.75) is 32.4 Å². The van der Waals surface area contributed by atoms with Crippen molar-refractivity contribution in [2.75, 3.05) is 10.6 Å². The second-order valence-corrected chi connectivity index (χ2v) is 5.91. The molecule has 1 atom stereocenters. The molecule has 3 rings (SSSR count). The van der Waals surface area contributed by atoms with Crippen LogP contribution in [0, 0.1) is 0 Å². The smallest absolute Gasteiger partial charge is 0.253 e. The zero-order chi connectivity index (χ0) is 16.9. The summed E-state index contributed by atoms with van der Waals surface area (Å²) in [6, 6.07) is 13.9. The lowest BCUT2D eigenvalue weighted by Crippen LogP contribution is -2.39. The first kappa shape index (κ1) is 16.1. The van der Waals surface area contributed by atoms with Crippen molar-refractivity contribution in [2.24, 2.45) is 0 Å². The normalized spacial score (nSPS) is 12.2. The van der Waals surface area contributed by atoms with Gasteiger partial charge in [-0.2, -0.15) is 0 Å². The molecule has 0 spiro atoms. The molecule has 0 fully saturated rings. The maximum Gasteiger partial charge on any atom is 0.253 e. The van der Waals surface area contributed by atoms with Crippen molar-refractivity contribution < 1.29 is 4.42 Å². The van der Waals surface area contributed by atoms with Gasteiger partial charge in [0, 0.05) is 6.04 Å². The Balaban J connectivity index is 1.57. The second kappa shape index (κ2) is 7.17. The van der Waals surface area contributed by atoms with Gasteiger partial charge in [0.15, 0.2) is 0 Å². The third kappa shape index (κ3) is 3.56. The number of hydrogen-bond acceptors (Lipinski definition) is 5. The van der Waals surface area contributed by atoms with E-state index >= 15 is 0 Å². The van der Waals surface area contributed by atoms with Crippen LogP contribution in [0.2, 0.25) is 0 Å². The van der Waals surface area contributed by atoms with E-state index in [0.29, 0.717) is 23.7 Å². The van der Waals surface area contributed by atoms with Crippen molar-refractivity contribution >= 4 is 11.4 Å². The molecule has 5 nitrogen and oxygen atoms in total. The van der Waals surface area contributed by atoms with Crippen molar-refractivity contribution in [3.05, 3.63) is 80.5 Å². The fraction of sp³-hybridized carbons (Fsp3) is 0.263. The van der Waals surface area contributed by atoms with Crippen molar-refractivity contribution in [1.82, 2.24) is 0 Å². The molecule has 124 valence electrons. The molecule has 0 saturated heterocycles. The largest absolute Gasteiger partial charge is 0.467 e. The molecule has 0 aliphatic heterocycles. The number of rotatable bonds is 8. The first-order chi connectivity index (χ1) is 11.6. The van der Waals surface area contributed by atoms with E-state index in [0.717, 1.165) is 12.8 Å². The Hall–Kier alpha value is -2.82. The summed E-state index contributed by atoms with van der Waals surface area (Å²) < 4.78 is 5.22. The zero-order valence-electron chi connectivity index (χ0n) is 13.5. The van der Waals surface area contributed by atoms with Gasteiger partial charge in [-0.25, -0.2) is 0 Å². The Kier molecular flexibility index (Phi) is 4.79. The third-order valence-electron chi connectivity index (χ3n) is 4.03. The molecule has 0 saturated carbocycles. The Morgan fingerprint density at radius 2 is 1.75 bits per heavy atom. The van der Waals surface area contributed by atoms with Crippen LogP contribution in [0.5, 0.6) is 0 Å². The van der Waals surface area contributed by atoms with E-state index in [4.69, 9.17) is 4.42 Å². The molecule has 24 heavy (non-hydrogen) atoms. The number of anilines is 2. The molecule has 1 aromatic heterocycles. The topological polar surface area (TPSA) is 71.3 Å². The second-order valence-electron chi connectivity index (χ2n) is 5.91. The van der Waals surface area contributed by atoms with E-state index < -0.39 is 10.9 Å². The highest BCUT2D eigenvalue weighted by atomic mass is 16.3. The number of aryl methyl sites for hydroxylation is 1. The Bertz CT molecular complexity index is 847. The highest BCUT2D eigenvalue weighted by Crippen LogP contribution is 2.18. The number of benzene rings is 1. The summed E-state index contributed by atoms with van der Waals surface area (Å²) in [5, 5.41) is 6.15. The molecular weight excluding hydrogens is 304 g/mol. The molecule has 1 unspecified atom stereocenters. The van der Waals surface area contributed by atoms with Gasteiger partial charge in [0.1, 0.15) is 17.1 Å². The summed E-state index contributed by atoms with van der Waals surface area (Å²) in [5.74, 6) is 0.714. The van der Waals surface area contributed by atoms with E-state index in [2.05, 4.69) is 22.8 Å². The summed E-state index contributed by atoms with van der Waals surface area (Å²) >= 11 is 0. The van der Waals surface area contributed by atoms with Gasteiger partial charge in [-0.3, -0.25) is 9.59 Å². The fourth-order valence-electron chi connectivity index (χ4n) is 2.63. The third-order valence-corrected chi connectivity index (χ3v) is 4.03. The van der Waals surface area contributed by atoms with Crippen molar-refractivity contribution in [1.29, 1.82) is 0 Å². The molecule has 2 N–H and O–H groups in total. The average Bonchev–Trinajstić information content (AvgIpc) is 3.13. The monoisotopic (exact) mass is 324 g/mol. The molecule has 0 amide bonds. The summed E-state index contributed by atoms with van der Waals surface area (Å²) in [7, 11) is 0. The van der Waals surface area contributed by atoms with Gasteiger partial charge in [-0.1, -0.05) is 30.3 Å². The first-order valence-corrected chi connectivity index (χ1v) is 8.05. The van der Waals surface area contributed by atoms with Crippen molar-refractivity contribution in [3.63, 3.8) is 0 Å². The Morgan fingerprint density at radius 3 is 2.46 bits per heavy atom. The average molecular weight is 324 g/mol. The SMILES string of the molecule is CC(CCc1ccccc1)Nc1c(NCc2ccco2)c(=O)c1=O. The first-order valence-electron chi connectivity index (χ1n) is 8.05. The van der Waals surface area contributed by atoms with Gasteiger partial charge >= 0.3 is 0 Å². The number of furan rings is 1. The quantitative estimate of drug-likeness (QED) is 0.623. The Morgan fingerprint density at radius 1 is 1.00 bits per heavy atom. The van der Waals surface area contributed by atoms with Crippen molar-refractivity contribution in [3.8, 4) is 0 Å². The van der Waals surface area contributed by atoms with Gasteiger partial charge < -0.3 is 15.1 Å². The highest BCUT2D eigenvalue weighted by molar-refractivity contribution is 5.74.